The second-order valence-corrected chi connectivity index (χ2v) is 5.58. The van der Waals surface area contributed by atoms with Gasteiger partial charge in [-0.2, -0.15) is 0 Å². The second-order valence-electron chi connectivity index (χ2n) is 4.66. The van der Waals surface area contributed by atoms with Crippen LogP contribution in [0.25, 0.3) is 11.1 Å². The molecule has 0 spiro atoms. The molecule has 0 nitrogen and oxygen atoms in total. The standard InChI is InChI=1S/C17H19Br/c1-2-3-4-5-14-6-8-15(9-7-14)16-10-12-17(18)13-11-16/h6-13H,2-5H2,1H3. The minimum absolute atomic E-state index is 1.13. The molecule has 1 heteroatoms. The molecule has 2 aromatic rings. The van der Waals surface area contributed by atoms with E-state index in [4.69, 9.17) is 0 Å². The van der Waals surface area contributed by atoms with Crippen molar-refractivity contribution in [3.8, 4) is 11.1 Å². The van der Waals surface area contributed by atoms with E-state index in [-0.39, 0.29) is 0 Å². The molecule has 0 aliphatic carbocycles. The molecule has 0 heterocycles. The van der Waals surface area contributed by atoms with Crippen LogP contribution < -0.4 is 0 Å². The van der Waals surface area contributed by atoms with Gasteiger partial charge in [-0.05, 0) is 41.7 Å². The van der Waals surface area contributed by atoms with Gasteiger partial charge in [-0.3, -0.25) is 0 Å². The topological polar surface area (TPSA) is 0 Å². The van der Waals surface area contributed by atoms with Gasteiger partial charge in [0.25, 0.3) is 0 Å². The summed E-state index contributed by atoms with van der Waals surface area (Å²) in [6.07, 6.45) is 5.12. The Morgan fingerprint density at radius 3 is 1.89 bits per heavy atom. The molecular formula is C17H19Br. The Balaban J connectivity index is 2.05. The van der Waals surface area contributed by atoms with Crippen molar-refractivity contribution < 1.29 is 0 Å². The van der Waals surface area contributed by atoms with Gasteiger partial charge in [0.05, 0.1) is 0 Å². The molecule has 0 N–H and O–H groups in total. The average Bonchev–Trinajstić information content (AvgIpc) is 2.41. The third-order valence-corrected chi connectivity index (χ3v) is 3.73. The Bertz CT molecular complexity index is 468. The van der Waals surface area contributed by atoms with Crippen molar-refractivity contribution in [2.75, 3.05) is 0 Å². The largest absolute Gasteiger partial charge is 0.0654 e. The van der Waals surface area contributed by atoms with E-state index in [1.54, 1.807) is 0 Å². The third-order valence-electron chi connectivity index (χ3n) is 3.20. The summed E-state index contributed by atoms with van der Waals surface area (Å²) in [5.41, 5.74) is 4.02. The zero-order valence-corrected chi connectivity index (χ0v) is 12.4. The first kappa shape index (κ1) is 13.4. The van der Waals surface area contributed by atoms with Crippen molar-refractivity contribution in [3.05, 3.63) is 58.6 Å². The molecule has 0 amide bonds. The van der Waals surface area contributed by atoms with E-state index in [1.165, 1.54) is 42.4 Å². The number of unbranched alkanes of at least 4 members (excludes halogenated alkanes) is 2. The molecule has 2 rings (SSSR count). The van der Waals surface area contributed by atoms with Crippen LogP contribution in [0.3, 0.4) is 0 Å². The highest BCUT2D eigenvalue weighted by molar-refractivity contribution is 9.10. The highest BCUT2D eigenvalue weighted by Crippen LogP contribution is 2.22. The van der Waals surface area contributed by atoms with Crippen LogP contribution in [0.15, 0.2) is 53.0 Å². The zero-order chi connectivity index (χ0) is 12.8. The lowest BCUT2D eigenvalue weighted by Gasteiger charge is -2.04. The minimum atomic E-state index is 1.13. The van der Waals surface area contributed by atoms with Gasteiger partial charge in [0.2, 0.25) is 0 Å². The summed E-state index contributed by atoms with van der Waals surface area (Å²) >= 11 is 3.46. The summed E-state index contributed by atoms with van der Waals surface area (Å²) in [7, 11) is 0. The Kier molecular flexibility index (Phi) is 5.00. The Hall–Kier alpha value is -1.08. The van der Waals surface area contributed by atoms with Crippen LogP contribution in [-0.2, 0) is 6.42 Å². The molecule has 0 aliphatic heterocycles. The smallest absolute Gasteiger partial charge is 0.0175 e. The van der Waals surface area contributed by atoms with Gasteiger partial charge < -0.3 is 0 Å². The predicted octanol–water partition coefficient (Wildman–Crippen LogP) is 5.85. The fraction of sp³-hybridized carbons (Fsp3) is 0.294. The maximum atomic E-state index is 3.46. The first-order valence-corrected chi connectivity index (χ1v) is 7.44. The van der Waals surface area contributed by atoms with Gasteiger partial charge in [-0.25, -0.2) is 0 Å². The lowest BCUT2D eigenvalue weighted by atomic mass is 10.0. The van der Waals surface area contributed by atoms with Crippen LogP contribution in [0.2, 0.25) is 0 Å². The van der Waals surface area contributed by atoms with E-state index >= 15 is 0 Å². The highest BCUT2D eigenvalue weighted by atomic mass is 79.9. The SMILES string of the molecule is CCCCCc1ccc(-c2ccc(Br)cc2)cc1. The summed E-state index contributed by atoms with van der Waals surface area (Å²) < 4.78 is 1.13. The average molecular weight is 303 g/mol. The van der Waals surface area contributed by atoms with Crippen LogP contribution in [0.4, 0.5) is 0 Å². The molecule has 0 bridgehead atoms. The molecule has 0 unspecified atom stereocenters. The lowest BCUT2D eigenvalue weighted by molar-refractivity contribution is 0.717. The van der Waals surface area contributed by atoms with Crippen LogP contribution >= 0.6 is 15.9 Å². The van der Waals surface area contributed by atoms with E-state index < -0.39 is 0 Å². The van der Waals surface area contributed by atoms with Crippen LogP contribution in [0.1, 0.15) is 31.7 Å². The van der Waals surface area contributed by atoms with E-state index in [0.29, 0.717) is 0 Å². The Labute approximate surface area is 118 Å². The second kappa shape index (κ2) is 6.75. The molecule has 94 valence electrons. The molecule has 0 radical (unpaired) electrons. The first-order chi connectivity index (χ1) is 8.79. The summed E-state index contributed by atoms with van der Waals surface area (Å²) in [6, 6.07) is 17.4. The van der Waals surface area contributed by atoms with Crippen molar-refractivity contribution in [1.29, 1.82) is 0 Å². The molecule has 0 aliphatic rings. The van der Waals surface area contributed by atoms with Crippen molar-refractivity contribution in [1.82, 2.24) is 0 Å². The molecule has 0 fully saturated rings. The Morgan fingerprint density at radius 2 is 1.33 bits per heavy atom. The van der Waals surface area contributed by atoms with Crippen LogP contribution in [-0.4, -0.2) is 0 Å². The minimum Gasteiger partial charge on any atom is -0.0654 e. The lowest BCUT2D eigenvalue weighted by Crippen LogP contribution is -1.85. The normalized spacial score (nSPS) is 10.6. The summed E-state index contributed by atoms with van der Waals surface area (Å²) in [6.45, 7) is 2.25. The fourth-order valence-electron chi connectivity index (χ4n) is 2.09. The number of hydrogen-bond acceptors (Lipinski definition) is 0. The monoisotopic (exact) mass is 302 g/mol. The number of benzene rings is 2. The summed E-state index contributed by atoms with van der Waals surface area (Å²) in [5.74, 6) is 0. The number of rotatable bonds is 5. The van der Waals surface area contributed by atoms with Gasteiger partial charge in [-0.15, -0.1) is 0 Å². The number of aryl methyl sites for hydroxylation is 1. The Morgan fingerprint density at radius 1 is 0.778 bits per heavy atom. The predicted molar refractivity (Wildman–Crippen MR) is 82.8 cm³/mol. The summed E-state index contributed by atoms with van der Waals surface area (Å²) in [5, 5.41) is 0. The number of hydrogen-bond donors (Lipinski definition) is 0. The highest BCUT2D eigenvalue weighted by Gasteiger charge is 1.98. The van der Waals surface area contributed by atoms with Gasteiger partial charge >= 0.3 is 0 Å². The van der Waals surface area contributed by atoms with Crippen molar-refractivity contribution in [3.63, 3.8) is 0 Å². The number of halogens is 1. The van der Waals surface area contributed by atoms with Gasteiger partial charge in [0, 0.05) is 4.47 Å². The van der Waals surface area contributed by atoms with Crippen molar-refractivity contribution >= 4 is 15.9 Å². The molecule has 0 saturated carbocycles. The third kappa shape index (κ3) is 3.71. The molecule has 0 atom stereocenters. The van der Waals surface area contributed by atoms with Crippen molar-refractivity contribution in [2.24, 2.45) is 0 Å². The molecular weight excluding hydrogens is 284 g/mol. The van der Waals surface area contributed by atoms with Crippen LogP contribution in [0, 0.1) is 0 Å². The van der Waals surface area contributed by atoms with E-state index in [2.05, 4.69) is 71.4 Å². The van der Waals surface area contributed by atoms with Crippen LogP contribution in [0.5, 0.6) is 0 Å². The van der Waals surface area contributed by atoms with Gasteiger partial charge in [-0.1, -0.05) is 72.1 Å². The first-order valence-electron chi connectivity index (χ1n) is 6.64. The maximum Gasteiger partial charge on any atom is 0.0175 e. The quantitative estimate of drug-likeness (QED) is 0.608. The van der Waals surface area contributed by atoms with E-state index in [9.17, 15) is 0 Å². The molecule has 2 aromatic carbocycles. The van der Waals surface area contributed by atoms with Crippen molar-refractivity contribution in [2.45, 2.75) is 32.6 Å². The fourth-order valence-corrected chi connectivity index (χ4v) is 2.35. The molecule has 0 aromatic heterocycles. The molecule has 0 saturated heterocycles. The zero-order valence-electron chi connectivity index (χ0n) is 10.8. The van der Waals surface area contributed by atoms with Gasteiger partial charge in [0.1, 0.15) is 0 Å². The molecule has 18 heavy (non-hydrogen) atoms. The maximum absolute atomic E-state index is 3.46. The van der Waals surface area contributed by atoms with E-state index in [0.717, 1.165) is 4.47 Å². The van der Waals surface area contributed by atoms with Gasteiger partial charge in [0.15, 0.2) is 0 Å². The van der Waals surface area contributed by atoms with E-state index in [1.807, 2.05) is 0 Å². The summed E-state index contributed by atoms with van der Waals surface area (Å²) in [4.78, 5) is 0.